The number of fused-ring (bicyclic) bond motifs is 1. The Morgan fingerprint density at radius 3 is 2.66 bits per heavy atom. The Hall–Kier alpha value is -2.15. The zero-order valence-electron chi connectivity index (χ0n) is 19.7. The Morgan fingerprint density at radius 2 is 2.00 bits per heavy atom. The lowest BCUT2D eigenvalue weighted by molar-refractivity contribution is 0.278. The van der Waals surface area contributed by atoms with E-state index < -0.39 is 0 Å². The molecule has 2 aromatic rings. The Balaban J connectivity index is 1.83. The highest BCUT2D eigenvalue weighted by Gasteiger charge is 2.41. The Bertz CT molecular complexity index is 1050. The summed E-state index contributed by atoms with van der Waals surface area (Å²) >= 11 is 12.8. The van der Waals surface area contributed by atoms with Gasteiger partial charge in [-0.05, 0) is 82.5 Å². The first-order chi connectivity index (χ1) is 15.1. The largest absolute Gasteiger partial charge is 0.365 e. The van der Waals surface area contributed by atoms with E-state index in [1.54, 1.807) is 0 Å². The first-order valence-corrected chi connectivity index (χ1v) is 11.8. The van der Waals surface area contributed by atoms with Crippen molar-refractivity contribution in [2.45, 2.75) is 38.4 Å². The normalized spacial score (nSPS) is 22.1. The second-order valence-electron chi connectivity index (χ2n) is 9.55. The van der Waals surface area contributed by atoms with Crippen LogP contribution in [0.5, 0.6) is 0 Å². The van der Waals surface area contributed by atoms with Gasteiger partial charge in [0, 0.05) is 42.6 Å². The topological polar surface area (TPSA) is 34.6 Å². The van der Waals surface area contributed by atoms with Gasteiger partial charge >= 0.3 is 0 Å². The van der Waals surface area contributed by atoms with Crippen LogP contribution in [-0.2, 0) is 0 Å². The van der Waals surface area contributed by atoms with E-state index in [1.807, 2.05) is 18.3 Å². The maximum atomic E-state index is 7.00. The fourth-order valence-electron chi connectivity index (χ4n) is 4.71. The van der Waals surface area contributed by atoms with Crippen molar-refractivity contribution in [2.75, 3.05) is 39.1 Å². The molecule has 1 fully saturated rings. The van der Waals surface area contributed by atoms with E-state index in [0.717, 1.165) is 40.2 Å². The molecule has 1 aromatic carbocycles. The van der Waals surface area contributed by atoms with E-state index in [2.05, 4.69) is 91.2 Å². The highest BCUT2D eigenvalue weighted by atomic mass is 35.5. The van der Waals surface area contributed by atoms with Gasteiger partial charge in [0.25, 0.3) is 0 Å². The molecule has 7 heteroatoms. The van der Waals surface area contributed by atoms with Crippen molar-refractivity contribution in [3.05, 3.63) is 64.4 Å². The summed E-state index contributed by atoms with van der Waals surface area (Å²) in [5.41, 5.74) is 5.62. The molecule has 2 unspecified atom stereocenters. The minimum Gasteiger partial charge on any atom is -0.365 e. The summed E-state index contributed by atoms with van der Waals surface area (Å²) in [7, 11) is 6.29. The molecular formula is C25H32ClN5S. The molecule has 2 aliphatic heterocycles. The summed E-state index contributed by atoms with van der Waals surface area (Å²) in [6, 6.07) is 10.3. The summed E-state index contributed by atoms with van der Waals surface area (Å²) in [4.78, 5) is 11.4. The van der Waals surface area contributed by atoms with Crippen molar-refractivity contribution in [3.63, 3.8) is 0 Å². The number of nitrogens with zero attached hydrogens (tertiary/aromatic N) is 4. The van der Waals surface area contributed by atoms with E-state index in [0.29, 0.717) is 0 Å². The second kappa shape index (κ2) is 8.65. The number of thiocarbonyl (C=S) groups is 1. The smallest absolute Gasteiger partial charge is 0.170 e. The molecule has 0 radical (unpaired) electrons. The predicted octanol–water partition coefficient (Wildman–Crippen LogP) is 4.90. The zero-order chi connectivity index (χ0) is 23.2. The van der Waals surface area contributed by atoms with Crippen molar-refractivity contribution in [1.82, 2.24) is 20.1 Å². The van der Waals surface area contributed by atoms with Gasteiger partial charge in [-0.2, -0.15) is 0 Å². The highest BCUT2D eigenvalue weighted by Crippen LogP contribution is 2.46. The van der Waals surface area contributed by atoms with Crippen molar-refractivity contribution >= 4 is 40.2 Å². The summed E-state index contributed by atoms with van der Waals surface area (Å²) in [6.45, 7) is 8.33. The Labute approximate surface area is 202 Å². The molecule has 32 heavy (non-hydrogen) atoms. The van der Waals surface area contributed by atoms with Crippen LogP contribution in [0.25, 0.3) is 5.57 Å². The minimum absolute atomic E-state index is 0.0387. The second-order valence-corrected chi connectivity index (χ2v) is 10.3. The van der Waals surface area contributed by atoms with Gasteiger partial charge in [-0.25, -0.2) is 0 Å². The van der Waals surface area contributed by atoms with Crippen LogP contribution in [0.4, 0.5) is 5.69 Å². The number of rotatable bonds is 5. The number of anilines is 1. The van der Waals surface area contributed by atoms with Gasteiger partial charge in [0.1, 0.15) is 0 Å². The zero-order valence-corrected chi connectivity index (χ0v) is 21.3. The number of nitrogens with one attached hydrogen (secondary N) is 1. The average molecular weight is 470 g/mol. The van der Waals surface area contributed by atoms with E-state index in [1.165, 1.54) is 11.1 Å². The number of halogens is 1. The lowest BCUT2D eigenvalue weighted by atomic mass is 9.86. The quantitative estimate of drug-likeness (QED) is 0.627. The predicted molar refractivity (Wildman–Crippen MR) is 138 cm³/mol. The molecule has 3 heterocycles. The van der Waals surface area contributed by atoms with E-state index in [4.69, 9.17) is 23.8 Å². The minimum atomic E-state index is -0.0662. The monoisotopic (exact) mass is 469 g/mol. The van der Waals surface area contributed by atoms with Crippen molar-refractivity contribution in [2.24, 2.45) is 0 Å². The first kappa shape index (κ1) is 23.0. The summed E-state index contributed by atoms with van der Waals surface area (Å²) < 4.78 is 0. The van der Waals surface area contributed by atoms with Gasteiger partial charge in [-0.15, -0.1) is 0 Å². The third-order valence-electron chi connectivity index (χ3n) is 6.64. The molecule has 0 aliphatic carbocycles. The van der Waals surface area contributed by atoms with Gasteiger partial charge in [0.15, 0.2) is 5.11 Å². The third-order valence-corrected chi connectivity index (χ3v) is 7.32. The van der Waals surface area contributed by atoms with Gasteiger partial charge in [0.2, 0.25) is 0 Å². The summed E-state index contributed by atoms with van der Waals surface area (Å²) in [5.74, 6) is 0. The van der Waals surface area contributed by atoms with Crippen molar-refractivity contribution in [1.29, 1.82) is 0 Å². The van der Waals surface area contributed by atoms with Gasteiger partial charge in [-0.1, -0.05) is 23.7 Å². The van der Waals surface area contributed by atoms with Crippen molar-refractivity contribution in [3.8, 4) is 0 Å². The molecule has 4 rings (SSSR count). The van der Waals surface area contributed by atoms with E-state index in [9.17, 15) is 0 Å². The van der Waals surface area contributed by atoms with Crippen LogP contribution in [0.15, 0.2) is 42.6 Å². The lowest BCUT2D eigenvalue weighted by Gasteiger charge is -2.41. The van der Waals surface area contributed by atoms with E-state index in [-0.39, 0.29) is 17.6 Å². The first-order valence-electron chi connectivity index (χ1n) is 11.0. The fraction of sp³-hybridized carbons (Fsp3) is 0.440. The fourth-order valence-corrected chi connectivity index (χ4v) is 5.31. The number of aromatic nitrogens is 1. The highest BCUT2D eigenvalue weighted by molar-refractivity contribution is 7.80. The number of hydrogen-bond acceptors (Lipinski definition) is 4. The number of pyridine rings is 1. The number of hydrogen-bond donors (Lipinski definition) is 1. The molecule has 0 saturated carbocycles. The van der Waals surface area contributed by atoms with Crippen LogP contribution >= 0.6 is 23.8 Å². The molecule has 2 aliphatic rings. The van der Waals surface area contributed by atoms with Crippen LogP contribution in [0, 0.1) is 0 Å². The SMILES string of the molecule is CC1=CC(C)(C)N(C)c2cc(Cl)c(C3C(c4ccccn4)NC(=S)N3CCN(C)C)cc21. The van der Waals surface area contributed by atoms with Crippen LogP contribution in [0.1, 0.15) is 49.7 Å². The molecule has 1 N–H and O–H groups in total. The van der Waals surface area contributed by atoms with Crippen LogP contribution in [0.3, 0.4) is 0 Å². The third kappa shape index (κ3) is 4.12. The molecule has 1 saturated heterocycles. The average Bonchev–Trinajstić information content (AvgIpc) is 3.06. The Morgan fingerprint density at radius 1 is 1.25 bits per heavy atom. The molecule has 5 nitrogen and oxygen atoms in total. The van der Waals surface area contributed by atoms with Crippen LogP contribution in [0.2, 0.25) is 5.02 Å². The maximum Gasteiger partial charge on any atom is 0.170 e. The lowest BCUT2D eigenvalue weighted by Crippen LogP contribution is -2.42. The molecule has 0 bridgehead atoms. The molecule has 0 spiro atoms. The summed E-state index contributed by atoms with van der Waals surface area (Å²) in [5, 5.41) is 5.03. The maximum absolute atomic E-state index is 7.00. The number of benzene rings is 1. The van der Waals surface area contributed by atoms with Crippen molar-refractivity contribution < 1.29 is 0 Å². The van der Waals surface area contributed by atoms with Crippen LogP contribution < -0.4 is 10.2 Å². The van der Waals surface area contributed by atoms with Gasteiger partial charge < -0.3 is 20.0 Å². The molecule has 1 aromatic heterocycles. The number of allylic oxidation sites excluding steroid dienone is 1. The Kier molecular flexibility index (Phi) is 6.23. The van der Waals surface area contributed by atoms with Gasteiger partial charge in [0.05, 0.1) is 23.3 Å². The standard InChI is InChI=1S/C25H32ClN5S/c1-16-15-25(2,3)30(6)21-14-19(26)18(13-17(16)21)23-22(20-9-7-8-10-27-20)28-24(32)31(23)12-11-29(4)5/h7-10,13-15,22-23H,11-12H2,1-6H3,(H,28,32). The molecular weight excluding hydrogens is 438 g/mol. The summed E-state index contributed by atoms with van der Waals surface area (Å²) in [6.07, 6.45) is 4.16. The molecule has 170 valence electrons. The molecule has 2 atom stereocenters. The van der Waals surface area contributed by atoms with Gasteiger partial charge in [-0.3, -0.25) is 4.98 Å². The van der Waals surface area contributed by atoms with Crippen LogP contribution in [-0.4, -0.2) is 59.7 Å². The molecule has 0 amide bonds. The van der Waals surface area contributed by atoms with E-state index >= 15 is 0 Å². The number of likely N-dealkylation sites (N-methyl/N-ethyl adjacent to an activating group) is 2.